The normalized spacial score (nSPS) is 11.9. The Kier molecular flexibility index (Phi) is 4.24. The third-order valence-electron chi connectivity index (χ3n) is 3.23. The molecule has 2 rings (SSSR count). The maximum Gasteiger partial charge on any atom is 0.243 e. The minimum Gasteiger partial charge on any atom is -0.333 e. The molecule has 0 aliphatic carbocycles. The van der Waals surface area contributed by atoms with Gasteiger partial charge in [0.15, 0.2) is 0 Å². The van der Waals surface area contributed by atoms with Crippen LogP contribution in [-0.2, 0) is 23.1 Å². The smallest absolute Gasteiger partial charge is 0.243 e. The summed E-state index contributed by atoms with van der Waals surface area (Å²) in [6.07, 6.45) is 4.60. The molecule has 0 saturated heterocycles. The van der Waals surface area contributed by atoms with Crippen molar-refractivity contribution >= 4 is 10.0 Å². The summed E-state index contributed by atoms with van der Waals surface area (Å²) in [6, 6.07) is 0. The Morgan fingerprint density at radius 2 is 2.10 bits per heavy atom. The molecule has 0 bridgehead atoms. The van der Waals surface area contributed by atoms with Crippen LogP contribution in [0.1, 0.15) is 18.3 Å². The summed E-state index contributed by atoms with van der Waals surface area (Å²) in [5, 5.41) is 3.97. The molecule has 8 heteroatoms. The summed E-state index contributed by atoms with van der Waals surface area (Å²) in [4.78, 5) is 4.37. The van der Waals surface area contributed by atoms with E-state index in [4.69, 9.17) is 0 Å². The number of nitrogens with zero attached hydrogens (tertiary/aromatic N) is 4. The fourth-order valence-corrected chi connectivity index (χ4v) is 2.78. The molecule has 7 nitrogen and oxygen atoms in total. The molecule has 0 unspecified atom stereocenters. The van der Waals surface area contributed by atoms with Crippen molar-refractivity contribution in [3.8, 4) is 0 Å². The number of sulfonamides is 1. The van der Waals surface area contributed by atoms with Gasteiger partial charge in [0.25, 0.3) is 0 Å². The molecule has 0 aliphatic rings. The molecule has 2 aromatic heterocycles. The molecule has 1 N–H and O–H groups in total. The molecule has 0 aromatic carbocycles. The molecule has 0 saturated carbocycles. The molecule has 0 radical (unpaired) electrons. The van der Waals surface area contributed by atoms with Crippen LogP contribution in [0.5, 0.6) is 0 Å². The zero-order valence-corrected chi connectivity index (χ0v) is 12.7. The van der Waals surface area contributed by atoms with Gasteiger partial charge in [-0.1, -0.05) is 0 Å². The van der Waals surface area contributed by atoms with E-state index in [1.54, 1.807) is 11.0 Å². The van der Waals surface area contributed by atoms with Gasteiger partial charge in [-0.15, -0.1) is 0 Å². The lowest BCUT2D eigenvalue weighted by Crippen LogP contribution is -2.27. The number of aromatic nitrogens is 4. The summed E-state index contributed by atoms with van der Waals surface area (Å²) >= 11 is 0. The molecule has 2 aromatic rings. The van der Waals surface area contributed by atoms with E-state index in [0.29, 0.717) is 19.6 Å². The summed E-state index contributed by atoms with van der Waals surface area (Å²) in [7, 11) is -3.49. The second-order valence-electron chi connectivity index (χ2n) is 4.54. The SMILES string of the molecule is CCn1cc(S(=O)(=O)NCCn2cnc(C)c2C)cn1. The van der Waals surface area contributed by atoms with Gasteiger partial charge in [0.05, 0.1) is 18.2 Å². The van der Waals surface area contributed by atoms with E-state index in [1.165, 1.54) is 12.4 Å². The lowest BCUT2D eigenvalue weighted by molar-refractivity contribution is 0.570. The van der Waals surface area contributed by atoms with Gasteiger partial charge in [-0.05, 0) is 20.8 Å². The Morgan fingerprint density at radius 3 is 2.65 bits per heavy atom. The highest BCUT2D eigenvalue weighted by atomic mass is 32.2. The van der Waals surface area contributed by atoms with E-state index in [1.807, 2.05) is 25.3 Å². The molecule has 20 heavy (non-hydrogen) atoms. The van der Waals surface area contributed by atoms with Crippen LogP contribution in [0.15, 0.2) is 23.6 Å². The number of rotatable bonds is 6. The highest BCUT2D eigenvalue weighted by molar-refractivity contribution is 7.89. The molecular weight excluding hydrogens is 278 g/mol. The van der Waals surface area contributed by atoms with Gasteiger partial charge in [0.2, 0.25) is 10.0 Å². The van der Waals surface area contributed by atoms with Crippen molar-refractivity contribution in [3.63, 3.8) is 0 Å². The van der Waals surface area contributed by atoms with E-state index in [9.17, 15) is 8.42 Å². The monoisotopic (exact) mass is 297 g/mol. The lowest BCUT2D eigenvalue weighted by atomic mass is 10.4. The maximum absolute atomic E-state index is 12.1. The van der Waals surface area contributed by atoms with Gasteiger partial charge >= 0.3 is 0 Å². The van der Waals surface area contributed by atoms with Gasteiger partial charge in [0, 0.05) is 31.5 Å². The Bertz CT molecular complexity index is 687. The standard InChI is InChI=1S/C12H19N5O2S/c1-4-17-8-12(7-14-17)20(18,19)15-5-6-16-9-13-10(2)11(16)3/h7-9,15H,4-6H2,1-3H3. The lowest BCUT2D eigenvalue weighted by Gasteiger charge is -2.07. The first-order valence-corrected chi connectivity index (χ1v) is 7.93. The molecule has 0 atom stereocenters. The third kappa shape index (κ3) is 3.07. The number of hydrogen-bond donors (Lipinski definition) is 1. The Labute approximate surface area is 118 Å². The first-order valence-electron chi connectivity index (χ1n) is 6.44. The minimum atomic E-state index is -3.49. The predicted molar refractivity (Wildman–Crippen MR) is 74.8 cm³/mol. The summed E-state index contributed by atoms with van der Waals surface area (Å²) in [5.74, 6) is 0. The zero-order valence-electron chi connectivity index (χ0n) is 11.9. The molecule has 0 spiro atoms. The fourth-order valence-electron chi connectivity index (χ4n) is 1.81. The van der Waals surface area contributed by atoms with Crippen LogP contribution in [0.2, 0.25) is 0 Å². The Balaban J connectivity index is 1.97. The van der Waals surface area contributed by atoms with Crippen molar-refractivity contribution in [1.29, 1.82) is 0 Å². The summed E-state index contributed by atoms with van der Waals surface area (Å²) in [5.41, 5.74) is 2.00. The average molecular weight is 297 g/mol. The van der Waals surface area contributed by atoms with Crippen LogP contribution in [0.3, 0.4) is 0 Å². The van der Waals surface area contributed by atoms with Crippen LogP contribution in [0.25, 0.3) is 0 Å². The first-order chi connectivity index (χ1) is 9.44. The Morgan fingerprint density at radius 1 is 1.35 bits per heavy atom. The van der Waals surface area contributed by atoms with Gasteiger partial charge in [-0.25, -0.2) is 18.1 Å². The third-order valence-corrected chi connectivity index (χ3v) is 4.65. The molecule has 110 valence electrons. The number of aryl methyl sites for hydroxylation is 2. The average Bonchev–Trinajstić information content (AvgIpc) is 3.01. The topological polar surface area (TPSA) is 81.8 Å². The van der Waals surface area contributed by atoms with Crippen LogP contribution in [0.4, 0.5) is 0 Å². The van der Waals surface area contributed by atoms with E-state index in [0.717, 1.165) is 11.4 Å². The quantitative estimate of drug-likeness (QED) is 0.850. The Hall–Kier alpha value is -1.67. The number of hydrogen-bond acceptors (Lipinski definition) is 4. The van der Waals surface area contributed by atoms with Crippen LogP contribution in [0, 0.1) is 13.8 Å². The van der Waals surface area contributed by atoms with Gasteiger partial charge < -0.3 is 4.57 Å². The number of nitrogens with one attached hydrogen (secondary N) is 1. The van der Waals surface area contributed by atoms with Crippen LogP contribution in [-0.4, -0.2) is 34.3 Å². The fraction of sp³-hybridized carbons (Fsp3) is 0.500. The maximum atomic E-state index is 12.1. The van der Waals surface area contributed by atoms with Crippen molar-refractivity contribution in [3.05, 3.63) is 30.1 Å². The van der Waals surface area contributed by atoms with E-state index in [-0.39, 0.29) is 4.90 Å². The highest BCUT2D eigenvalue weighted by Gasteiger charge is 2.15. The van der Waals surface area contributed by atoms with Crippen molar-refractivity contribution in [2.45, 2.75) is 38.8 Å². The van der Waals surface area contributed by atoms with Crippen LogP contribution >= 0.6 is 0 Å². The van der Waals surface area contributed by atoms with Crippen molar-refractivity contribution in [2.24, 2.45) is 0 Å². The van der Waals surface area contributed by atoms with Gasteiger partial charge in [-0.3, -0.25) is 4.68 Å². The summed E-state index contributed by atoms with van der Waals surface area (Å²) < 4.78 is 30.2. The highest BCUT2D eigenvalue weighted by Crippen LogP contribution is 2.07. The van der Waals surface area contributed by atoms with Gasteiger partial charge in [-0.2, -0.15) is 5.10 Å². The van der Waals surface area contributed by atoms with E-state index >= 15 is 0 Å². The van der Waals surface area contributed by atoms with Crippen molar-refractivity contribution < 1.29 is 8.42 Å². The molecule has 0 amide bonds. The molecule has 2 heterocycles. The molecule has 0 aliphatic heterocycles. The largest absolute Gasteiger partial charge is 0.333 e. The van der Waals surface area contributed by atoms with Crippen molar-refractivity contribution in [2.75, 3.05) is 6.54 Å². The van der Waals surface area contributed by atoms with Crippen molar-refractivity contribution in [1.82, 2.24) is 24.1 Å². The van der Waals surface area contributed by atoms with Crippen LogP contribution < -0.4 is 4.72 Å². The predicted octanol–water partition coefficient (Wildman–Crippen LogP) is 0.695. The summed E-state index contributed by atoms with van der Waals surface area (Å²) in [6.45, 7) is 7.30. The van der Waals surface area contributed by atoms with E-state index in [2.05, 4.69) is 14.8 Å². The second-order valence-corrected chi connectivity index (χ2v) is 6.31. The molecule has 0 fully saturated rings. The number of imidazole rings is 1. The second kappa shape index (κ2) is 5.76. The molecular formula is C12H19N5O2S. The zero-order chi connectivity index (χ0) is 14.8. The van der Waals surface area contributed by atoms with E-state index < -0.39 is 10.0 Å². The first kappa shape index (κ1) is 14.7. The minimum absolute atomic E-state index is 0.192. The van der Waals surface area contributed by atoms with Gasteiger partial charge in [0.1, 0.15) is 4.90 Å².